The van der Waals surface area contributed by atoms with Crippen molar-refractivity contribution in [3.63, 3.8) is 0 Å². The van der Waals surface area contributed by atoms with Crippen molar-refractivity contribution >= 4 is 17.3 Å². The van der Waals surface area contributed by atoms with Gasteiger partial charge in [-0.1, -0.05) is 11.6 Å². The predicted octanol–water partition coefficient (Wildman–Crippen LogP) is 1.84. The number of hydrogen-bond acceptors (Lipinski definition) is 3. The maximum Gasteiger partial charge on any atom is 0.134 e. The van der Waals surface area contributed by atoms with Gasteiger partial charge in [0.15, 0.2) is 0 Å². The highest BCUT2D eigenvalue weighted by atomic mass is 35.5. The van der Waals surface area contributed by atoms with Crippen molar-refractivity contribution in [1.82, 2.24) is 0 Å². The molecule has 1 fully saturated rings. The van der Waals surface area contributed by atoms with E-state index < -0.39 is 0 Å². The zero-order valence-electron chi connectivity index (χ0n) is 7.03. The molecule has 1 aromatic rings. The molecule has 3 nitrogen and oxygen atoms in total. The molecule has 4 heteroatoms. The zero-order chi connectivity index (χ0) is 9.26. The third-order valence-electron chi connectivity index (χ3n) is 2.05. The quantitative estimate of drug-likeness (QED) is 0.749. The molecule has 0 bridgehead atoms. The van der Waals surface area contributed by atoms with E-state index in [2.05, 4.69) is 4.90 Å². The van der Waals surface area contributed by atoms with Gasteiger partial charge in [0.05, 0.1) is 11.6 Å². The highest BCUT2D eigenvalue weighted by molar-refractivity contribution is 6.32. The highest BCUT2D eigenvalue weighted by Crippen LogP contribution is 2.28. The average Bonchev–Trinajstić information content (AvgIpc) is 2.62. The van der Waals surface area contributed by atoms with Gasteiger partial charge in [0, 0.05) is 12.2 Å². The molecule has 1 aliphatic rings. The van der Waals surface area contributed by atoms with Crippen LogP contribution in [0.2, 0.25) is 5.02 Å². The van der Waals surface area contributed by atoms with Gasteiger partial charge in [-0.2, -0.15) is 0 Å². The van der Waals surface area contributed by atoms with Gasteiger partial charge in [0.1, 0.15) is 12.5 Å². The van der Waals surface area contributed by atoms with E-state index in [9.17, 15) is 5.11 Å². The van der Waals surface area contributed by atoms with Crippen LogP contribution in [0.4, 0.5) is 5.69 Å². The van der Waals surface area contributed by atoms with E-state index in [0.717, 1.165) is 18.8 Å². The second-order valence-corrected chi connectivity index (χ2v) is 3.34. The van der Waals surface area contributed by atoms with E-state index in [1.54, 1.807) is 12.1 Å². The van der Waals surface area contributed by atoms with Crippen LogP contribution in [0.3, 0.4) is 0 Å². The largest absolute Gasteiger partial charge is 0.506 e. The molecule has 1 aromatic carbocycles. The van der Waals surface area contributed by atoms with E-state index in [-0.39, 0.29) is 5.75 Å². The van der Waals surface area contributed by atoms with Crippen molar-refractivity contribution in [1.29, 1.82) is 0 Å². The minimum atomic E-state index is 0.116. The first-order valence-electron chi connectivity index (χ1n) is 4.08. The summed E-state index contributed by atoms with van der Waals surface area (Å²) in [6, 6.07) is 5.16. The average molecular weight is 200 g/mol. The Hall–Kier alpha value is -0.930. The Balaban J connectivity index is 2.25. The van der Waals surface area contributed by atoms with Gasteiger partial charge >= 0.3 is 0 Å². The van der Waals surface area contributed by atoms with Crippen LogP contribution in [0.1, 0.15) is 0 Å². The lowest BCUT2D eigenvalue weighted by Crippen LogP contribution is -2.18. The fourth-order valence-corrected chi connectivity index (χ4v) is 1.48. The molecule has 0 unspecified atom stereocenters. The molecular weight excluding hydrogens is 190 g/mol. The Morgan fingerprint density at radius 1 is 1.46 bits per heavy atom. The number of benzene rings is 1. The summed E-state index contributed by atoms with van der Waals surface area (Å²) >= 11 is 5.77. The number of ether oxygens (including phenoxy) is 1. The molecule has 0 radical (unpaired) electrons. The summed E-state index contributed by atoms with van der Waals surface area (Å²) in [6.07, 6.45) is 0. The number of phenolic OH excluding ortho intramolecular Hbond substituents is 1. The minimum absolute atomic E-state index is 0.116. The van der Waals surface area contributed by atoms with Crippen LogP contribution in [-0.4, -0.2) is 25.0 Å². The fourth-order valence-electron chi connectivity index (χ4n) is 1.31. The summed E-state index contributed by atoms with van der Waals surface area (Å²) in [5.41, 5.74) is 0.986. The number of aromatic hydroxyl groups is 1. The van der Waals surface area contributed by atoms with Gasteiger partial charge in [-0.25, -0.2) is 0 Å². The highest BCUT2D eigenvalue weighted by Gasteiger charge is 2.13. The van der Waals surface area contributed by atoms with Crippen LogP contribution in [0.25, 0.3) is 0 Å². The first-order valence-corrected chi connectivity index (χ1v) is 4.46. The van der Waals surface area contributed by atoms with Gasteiger partial charge in [0.25, 0.3) is 0 Å². The SMILES string of the molecule is Oc1ccc(N2CCOC2)cc1Cl. The summed E-state index contributed by atoms with van der Waals surface area (Å²) in [7, 11) is 0. The Morgan fingerprint density at radius 2 is 2.31 bits per heavy atom. The molecule has 1 aliphatic heterocycles. The predicted molar refractivity (Wildman–Crippen MR) is 51.3 cm³/mol. The standard InChI is InChI=1S/C9H10ClNO2/c10-8-5-7(1-2-9(8)12)11-3-4-13-6-11/h1-2,5,12H,3-4,6H2. The summed E-state index contributed by atoms with van der Waals surface area (Å²) in [5, 5.41) is 9.58. The monoisotopic (exact) mass is 199 g/mol. The third kappa shape index (κ3) is 1.71. The van der Waals surface area contributed by atoms with Crippen molar-refractivity contribution in [2.75, 3.05) is 24.8 Å². The summed E-state index contributed by atoms with van der Waals surface area (Å²) < 4.78 is 5.20. The first-order chi connectivity index (χ1) is 6.27. The van der Waals surface area contributed by atoms with Crippen molar-refractivity contribution in [2.45, 2.75) is 0 Å². The molecule has 1 saturated heterocycles. The molecule has 0 saturated carbocycles. The van der Waals surface area contributed by atoms with Crippen LogP contribution >= 0.6 is 11.6 Å². The van der Waals surface area contributed by atoms with Gasteiger partial charge < -0.3 is 14.7 Å². The molecule has 70 valence electrons. The molecule has 1 N–H and O–H groups in total. The van der Waals surface area contributed by atoms with Crippen LogP contribution < -0.4 is 4.90 Å². The molecule has 13 heavy (non-hydrogen) atoms. The molecule has 2 rings (SSSR count). The molecule has 0 atom stereocenters. The summed E-state index contributed by atoms with van der Waals surface area (Å²) in [6.45, 7) is 2.22. The van der Waals surface area contributed by atoms with Gasteiger partial charge in [-0.05, 0) is 18.2 Å². The second-order valence-electron chi connectivity index (χ2n) is 2.94. The van der Waals surface area contributed by atoms with E-state index in [4.69, 9.17) is 16.3 Å². The Kier molecular flexibility index (Phi) is 2.29. The van der Waals surface area contributed by atoms with E-state index in [0.29, 0.717) is 11.8 Å². The van der Waals surface area contributed by atoms with Crippen molar-refractivity contribution in [3.05, 3.63) is 23.2 Å². The van der Waals surface area contributed by atoms with Crippen LogP contribution in [0.15, 0.2) is 18.2 Å². The van der Waals surface area contributed by atoms with E-state index in [1.807, 2.05) is 6.07 Å². The molecule has 0 spiro atoms. The Labute approximate surface area is 81.5 Å². The maximum absolute atomic E-state index is 9.20. The molecular formula is C9H10ClNO2. The molecule has 1 heterocycles. The lowest BCUT2D eigenvalue weighted by molar-refractivity contribution is 0.201. The van der Waals surface area contributed by atoms with Crippen LogP contribution in [0, 0.1) is 0 Å². The van der Waals surface area contributed by atoms with Crippen molar-refractivity contribution in [3.8, 4) is 5.75 Å². The molecule has 0 aliphatic carbocycles. The number of hydrogen-bond donors (Lipinski definition) is 1. The van der Waals surface area contributed by atoms with Gasteiger partial charge in [-0.15, -0.1) is 0 Å². The lowest BCUT2D eigenvalue weighted by atomic mass is 10.3. The third-order valence-corrected chi connectivity index (χ3v) is 2.35. The number of nitrogens with zero attached hydrogens (tertiary/aromatic N) is 1. The van der Waals surface area contributed by atoms with Crippen LogP contribution in [-0.2, 0) is 4.74 Å². The first kappa shape index (κ1) is 8.66. The normalized spacial score (nSPS) is 16.5. The lowest BCUT2D eigenvalue weighted by Gasteiger charge is -2.15. The summed E-state index contributed by atoms with van der Waals surface area (Å²) in [4.78, 5) is 2.06. The van der Waals surface area contributed by atoms with Crippen molar-refractivity contribution in [2.24, 2.45) is 0 Å². The second kappa shape index (κ2) is 3.44. The van der Waals surface area contributed by atoms with Crippen LogP contribution in [0.5, 0.6) is 5.75 Å². The zero-order valence-corrected chi connectivity index (χ0v) is 7.79. The van der Waals surface area contributed by atoms with Gasteiger partial charge in [0.2, 0.25) is 0 Å². The smallest absolute Gasteiger partial charge is 0.134 e. The minimum Gasteiger partial charge on any atom is -0.506 e. The maximum atomic E-state index is 9.20. The van der Waals surface area contributed by atoms with Crippen molar-refractivity contribution < 1.29 is 9.84 Å². The number of rotatable bonds is 1. The molecule has 0 aromatic heterocycles. The number of anilines is 1. The number of phenols is 1. The number of halogens is 1. The summed E-state index contributed by atoms with van der Waals surface area (Å²) in [5.74, 6) is 0.116. The topological polar surface area (TPSA) is 32.7 Å². The van der Waals surface area contributed by atoms with Gasteiger partial charge in [-0.3, -0.25) is 0 Å². The fraction of sp³-hybridized carbons (Fsp3) is 0.333. The van der Waals surface area contributed by atoms with E-state index >= 15 is 0 Å². The Morgan fingerprint density at radius 3 is 2.92 bits per heavy atom. The van der Waals surface area contributed by atoms with E-state index in [1.165, 1.54) is 0 Å². The Bertz CT molecular complexity index is 310. The molecule has 0 amide bonds.